The topological polar surface area (TPSA) is 46.2 Å². The summed E-state index contributed by atoms with van der Waals surface area (Å²) in [6, 6.07) is 19.1. The van der Waals surface area contributed by atoms with Crippen LogP contribution >= 0.6 is 11.3 Å². The molecule has 7 heteroatoms. The highest BCUT2D eigenvalue weighted by Crippen LogP contribution is 2.47. The molecule has 0 unspecified atom stereocenters. The maximum Gasteiger partial charge on any atom is 0.147 e. The van der Waals surface area contributed by atoms with Crippen LogP contribution in [0.2, 0.25) is 0 Å². The van der Waals surface area contributed by atoms with Gasteiger partial charge in [-0.15, -0.1) is 11.3 Å². The van der Waals surface area contributed by atoms with Gasteiger partial charge in [0.05, 0.1) is 17.5 Å². The Morgan fingerprint density at radius 1 is 0.814 bits per heavy atom. The van der Waals surface area contributed by atoms with Crippen LogP contribution in [0.5, 0.6) is 17.2 Å². The fourth-order valence-electron chi connectivity index (χ4n) is 6.23. The fourth-order valence-corrected chi connectivity index (χ4v) is 7.12. The summed E-state index contributed by atoms with van der Waals surface area (Å²) in [5.74, 6) is 2.57. The molecule has 43 heavy (non-hydrogen) atoms. The van der Waals surface area contributed by atoms with Crippen LogP contribution in [0.1, 0.15) is 45.1 Å². The monoisotopic (exact) mass is 599 g/mol. The van der Waals surface area contributed by atoms with Crippen LogP contribution in [0.4, 0.5) is 11.4 Å². The van der Waals surface area contributed by atoms with Crippen LogP contribution in [0.15, 0.2) is 60.0 Å². The molecule has 0 radical (unpaired) electrons. The number of likely N-dealkylation sites (tertiary alicyclic amines) is 2. The first-order valence-electron chi connectivity index (χ1n) is 15.9. The molecule has 4 aromatic rings. The Hall–Kier alpha value is -3.26. The van der Waals surface area contributed by atoms with Crippen LogP contribution in [0, 0.1) is 6.92 Å². The van der Waals surface area contributed by atoms with E-state index in [-0.39, 0.29) is 6.10 Å². The Bertz CT molecular complexity index is 1490. The van der Waals surface area contributed by atoms with Crippen molar-refractivity contribution in [3.8, 4) is 28.4 Å². The van der Waals surface area contributed by atoms with Crippen molar-refractivity contribution in [1.82, 2.24) is 9.80 Å². The lowest BCUT2D eigenvalue weighted by atomic mass is 9.96. The SMILES string of the molecule is Cc1c(OCCN2CCCC2)cc(OC(C)C)c(Nc2csc3ccccc23)c1-c1ccc(OCCN2CCCC2)cc1. The van der Waals surface area contributed by atoms with E-state index in [0.717, 1.165) is 58.4 Å². The number of hydrogen-bond donors (Lipinski definition) is 1. The molecule has 228 valence electrons. The van der Waals surface area contributed by atoms with Gasteiger partial charge in [-0.1, -0.05) is 30.3 Å². The number of thiophene rings is 1. The molecule has 3 heterocycles. The van der Waals surface area contributed by atoms with Crippen molar-refractivity contribution < 1.29 is 14.2 Å². The summed E-state index contributed by atoms with van der Waals surface area (Å²) >= 11 is 1.75. The molecular formula is C36H45N3O3S. The van der Waals surface area contributed by atoms with E-state index >= 15 is 0 Å². The molecule has 2 fully saturated rings. The molecule has 0 bridgehead atoms. The van der Waals surface area contributed by atoms with Gasteiger partial charge < -0.3 is 19.5 Å². The van der Waals surface area contributed by atoms with Gasteiger partial charge in [-0.25, -0.2) is 0 Å². The highest BCUT2D eigenvalue weighted by molar-refractivity contribution is 7.17. The van der Waals surface area contributed by atoms with Crippen molar-refractivity contribution in [2.24, 2.45) is 0 Å². The Balaban J connectivity index is 1.33. The van der Waals surface area contributed by atoms with E-state index in [9.17, 15) is 0 Å². The van der Waals surface area contributed by atoms with Crippen LogP contribution in [0.25, 0.3) is 21.2 Å². The van der Waals surface area contributed by atoms with Crippen molar-refractivity contribution in [2.45, 2.75) is 52.6 Å². The zero-order chi connectivity index (χ0) is 29.6. The molecule has 6 nitrogen and oxygen atoms in total. The van der Waals surface area contributed by atoms with Crippen LogP contribution in [-0.2, 0) is 0 Å². The van der Waals surface area contributed by atoms with Gasteiger partial charge in [0.2, 0.25) is 0 Å². The maximum atomic E-state index is 6.49. The molecule has 6 rings (SSSR count). The minimum Gasteiger partial charge on any atom is -0.492 e. The number of fused-ring (bicyclic) bond motifs is 1. The van der Waals surface area contributed by atoms with Crippen LogP contribution in [-0.4, -0.2) is 68.4 Å². The predicted molar refractivity (Wildman–Crippen MR) is 180 cm³/mol. The van der Waals surface area contributed by atoms with Gasteiger partial charge in [0.25, 0.3) is 0 Å². The first kappa shape index (κ1) is 29.8. The number of benzene rings is 3. The molecule has 0 saturated carbocycles. The highest BCUT2D eigenvalue weighted by Gasteiger charge is 2.22. The molecule has 1 N–H and O–H groups in total. The van der Waals surface area contributed by atoms with E-state index in [1.54, 1.807) is 11.3 Å². The third kappa shape index (κ3) is 7.28. The number of hydrogen-bond acceptors (Lipinski definition) is 7. The first-order valence-corrected chi connectivity index (χ1v) is 16.8. The molecule has 2 aliphatic heterocycles. The van der Waals surface area contributed by atoms with Gasteiger partial charge in [-0.2, -0.15) is 0 Å². The lowest BCUT2D eigenvalue weighted by Gasteiger charge is -2.24. The second-order valence-electron chi connectivity index (χ2n) is 12.0. The molecule has 3 aromatic carbocycles. The third-order valence-electron chi connectivity index (χ3n) is 8.49. The first-order chi connectivity index (χ1) is 21.0. The molecule has 0 amide bonds. The zero-order valence-electron chi connectivity index (χ0n) is 25.9. The van der Waals surface area contributed by atoms with Gasteiger partial charge >= 0.3 is 0 Å². The van der Waals surface area contributed by atoms with Crippen molar-refractivity contribution >= 4 is 32.8 Å². The van der Waals surface area contributed by atoms with E-state index < -0.39 is 0 Å². The average Bonchev–Trinajstić information content (AvgIpc) is 3.79. The van der Waals surface area contributed by atoms with Crippen LogP contribution in [0.3, 0.4) is 0 Å². The number of rotatable bonds is 13. The molecule has 0 atom stereocenters. The van der Waals surface area contributed by atoms with Crippen LogP contribution < -0.4 is 19.5 Å². The number of anilines is 2. The zero-order valence-corrected chi connectivity index (χ0v) is 26.7. The minimum absolute atomic E-state index is 0.0131. The van der Waals surface area contributed by atoms with Crippen molar-refractivity contribution in [3.63, 3.8) is 0 Å². The predicted octanol–water partition coefficient (Wildman–Crippen LogP) is 8.36. The van der Waals surface area contributed by atoms with Gasteiger partial charge in [0.15, 0.2) is 0 Å². The van der Waals surface area contributed by atoms with Gasteiger partial charge in [0, 0.05) is 45.7 Å². The molecule has 1 aromatic heterocycles. The third-order valence-corrected chi connectivity index (χ3v) is 9.45. The molecule has 2 aliphatic rings. The average molecular weight is 600 g/mol. The normalized spacial score (nSPS) is 15.9. The molecule has 2 saturated heterocycles. The highest BCUT2D eigenvalue weighted by atomic mass is 32.1. The summed E-state index contributed by atoms with van der Waals surface area (Å²) in [5, 5.41) is 7.20. The Kier molecular flexibility index (Phi) is 9.71. The summed E-state index contributed by atoms with van der Waals surface area (Å²) < 4.78 is 20.4. The lowest BCUT2D eigenvalue weighted by Crippen LogP contribution is -2.25. The summed E-state index contributed by atoms with van der Waals surface area (Å²) in [5.41, 5.74) is 5.34. The van der Waals surface area contributed by atoms with Crippen molar-refractivity contribution in [3.05, 3.63) is 65.5 Å². The fraction of sp³-hybridized carbons (Fsp3) is 0.444. The molecule has 0 aliphatic carbocycles. The maximum absolute atomic E-state index is 6.49. The summed E-state index contributed by atoms with van der Waals surface area (Å²) in [7, 11) is 0. The smallest absolute Gasteiger partial charge is 0.147 e. The van der Waals surface area contributed by atoms with E-state index in [1.165, 1.54) is 61.9 Å². The summed E-state index contributed by atoms with van der Waals surface area (Å²) in [6.07, 6.45) is 5.18. The van der Waals surface area contributed by atoms with E-state index in [0.29, 0.717) is 13.2 Å². The molecular weight excluding hydrogens is 554 g/mol. The quantitative estimate of drug-likeness (QED) is 0.167. The summed E-state index contributed by atoms with van der Waals surface area (Å²) in [4.78, 5) is 4.97. The van der Waals surface area contributed by atoms with E-state index in [2.05, 4.69) is 95.9 Å². The van der Waals surface area contributed by atoms with Gasteiger partial charge in [-0.05, 0) is 96.4 Å². The number of nitrogens with zero attached hydrogens (tertiary/aromatic N) is 2. The van der Waals surface area contributed by atoms with Gasteiger partial charge in [0.1, 0.15) is 30.5 Å². The van der Waals surface area contributed by atoms with E-state index in [4.69, 9.17) is 14.2 Å². The minimum atomic E-state index is 0.0131. The molecule has 0 spiro atoms. The van der Waals surface area contributed by atoms with Crippen molar-refractivity contribution in [2.75, 3.05) is 57.8 Å². The second-order valence-corrected chi connectivity index (χ2v) is 12.9. The largest absolute Gasteiger partial charge is 0.492 e. The standard InChI is InChI=1S/C36H45N3O3S/c1-26(2)42-33-24-32(41-23-21-39-18-8-9-19-39)27(3)35(36(33)37-31-25-43-34-11-5-4-10-30(31)34)28-12-14-29(15-13-28)40-22-20-38-16-6-7-17-38/h4-5,10-15,24-26,37H,6-9,16-23H2,1-3H3. The summed E-state index contributed by atoms with van der Waals surface area (Å²) in [6.45, 7) is 14.3. The van der Waals surface area contributed by atoms with Gasteiger partial charge in [-0.3, -0.25) is 9.80 Å². The Morgan fingerprint density at radius 3 is 2.14 bits per heavy atom. The second kappa shape index (κ2) is 14.0. The lowest BCUT2D eigenvalue weighted by molar-refractivity contribution is 0.229. The Morgan fingerprint density at radius 2 is 1.47 bits per heavy atom. The van der Waals surface area contributed by atoms with E-state index in [1.807, 2.05) is 0 Å². The number of nitrogens with one attached hydrogen (secondary N) is 1. The van der Waals surface area contributed by atoms with Crippen molar-refractivity contribution in [1.29, 1.82) is 0 Å². The Labute approximate surface area is 260 Å². The number of ether oxygens (including phenoxy) is 3.